The molecule has 2 rings (SSSR count). The predicted molar refractivity (Wildman–Crippen MR) is 60.4 cm³/mol. The molecule has 3 heteroatoms. The first-order chi connectivity index (χ1) is 7.22. The minimum Gasteiger partial charge on any atom is -0.335 e. The van der Waals surface area contributed by atoms with Gasteiger partial charge in [-0.1, -0.05) is 13.3 Å². The minimum atomic E-state index is 0.0369. The third-order valence-corrected chi connectivity index (χ3v) is 4.08. The maximum absolute atomic E-state index is 12.0. The Morgan fingerprint density at radius 1 is 1.60 bits per heavy atom. The highest BCUT2D eigenvalue weighted by Gasteiger charge is 2.48. The van der Waals surface area contributed by atoms with Gasteiger partial charge in [-0.15, -0.1) is 0 Å². The van der Waals surface area contributed by atoms with Gasteiger partial charge in [0.1, 0.15) is 0 Å². The monoisotopic (exact) mass is 210 g/mol. The van der Waals surface area contributed by atoms with Crippen molar-refractivity contribution in [3.8, 4) is 0 Å². The van der Waals surface area contributed by atoms with Gasteiger partial charge in [-0.2, -0.15) is 0 Å². The standard InChI is InChI=1S/C12H22N2O/c1-2-4-11(15)14-8-10-5-3-6-12(14,7-10)9-13/h10H,2-9,13H2,1H3. The molecule has 2 aliphatic rings. The summed E-state index contributed by atoms with van der Waals surface area (Å²) in [7, 11) is 0. The van der Waals surface area contributed by atoms with Crippen LogP contribution in [0.5, 0.6) is 0 Å². The van der Waals surface area contributed by atoms with Crippen molar-refractivity contribution in [1.82, 2.24) is 4.90 Å². The highest BCUT2D eigenvalue weighted by atomic mass is 16.2. The molecular formula is C12H22N2O. The van der Waals surface area contributed by atoms with Crippen LogP contribution in [0.3, 0.4) is 0 Å². The van der Waals surface area contributed by atoms with Gasteiger partial charge in [0.15, 0.2) is 0 Å². The highest BCUT2D eigenvalue weighted by Crippen LogP contribution is 2.43. The van der Waals surface area contributed by atoms with E-state index in [0.29, 0.717) is 18.9 Å². The Morgan fingerprint density at radius 3 is 3.07 bits per heavy atom. The van der Waals surface area contributed by atoms with Gasteiger partial charge < -0.3 is 10.6 Å². The molecule has 15 heavy (non-hydrogen) atoms. The number of hydrogen-bond donors (Lipinski definition) is 1. The zero-order valence-corrected chi connectivity index (χ0v) is 9.67. The van der Waals surface area contributed by atoms with Crippen LogP contribution in [0.1, 0.15) is 45.4 Å². The molecule has 2 N–H and O–H groups in total. The summed E-state index contributed by atoms with van der Waals surface area (Å²) in [5, 5.41) is 0. The molecule has 0 aromatic rings. The summed E-state index contributed by atoms with van der Waals surface area (Å²) in [5.41, 5.74) is 5.94. The number of carbonyl (C=O) groups excluding carboxylic acids is 1. The van der Waals surface area contributed by atoms with Crippen LogP contribution in [0.4, 0.5) is 0 Å². The molecule has 1 aliphatic heterocycles. The second-order valence-corrected chi connectivity index (χ2v) is 5.15. The van der Waals surface area contributed by atoms with E-state index in [0.717, 1.165) is 31.7 Å². The fourth-order valence-corrected chi connectivity index (χ4v) is 3.32. The van der Waals surface area contributed by atoms with Gasteiger partial charge >= 0.3 is 0 Å². The Balaban J connectivity index is 2.13. The fraction of sp³-hybridized carbons (Fsp3) is 0.917. The zero-order chi connectivity index (χ0) is 10.9. The van der Waals surface area contributed by atoms with Gasteiger partial charge in [-0.05, 0) is 31.6 Å². The largest absolute Gasteiger partial charge is 0.335 e. The Hall–Kier alpha value is -0.570. The molecule has 2 unspecified atom stereocenters. The smallest absolute Gasteiger partial charge is 0.223 e. The molecule has 2 fully saturated rings. The first-order valence-corrected chi connectivity index (χ1v) is 6.22. The Bertz CT molecular complexity index is 254. The average Bonchev–Trinajstić information content (AvgIpc) is 2.51. The summed E-state index contributed by atoms with van der Waals surface area (Å²) in [4.78, 5) is 14.1. The van der Waals surface area contributed by atoms with Crippen molar-refractivity contribution in [2.24, 2.45) is 11.7 Å². The van der Waals surface area contributed by atoms with Crippen molar-refractivity contribution in [3.63, 3.8) is 0 Å². The van der Waals surface area contributed by atoms with Crippen LogP contribution >= 0.6 is 0 Å². The van der Waals surface area contributed by atoms with E-state index in [1.807, 2.05) is 0 Å². The normalized spacial score (nSPS) is 34.5. The molecule has 86 valence electrons. The van der Waals surface area contributed by atoms with E-state index in [2.05, 4.69) is 11.8 Å². The van der Waals surface area contributed by atoms with Crippen LogP contribution in [0, 0.1) is 5.92 Å². The topological polar surface area (TPSA) is 46.3 Å². The third kappa shape index (κ3) is 1.78. The average molecular weight is 210 g/mol. The predicted octanol–water partition coefficient (Wildman–Crippen LogP) is 1.52. The molecule has 1 aliphatic carbocycles. The van der Waals surface area contributed by atoms with Gasteiger partial charge in [0.2, 0.25) is 5.91 Å². The zero-order valence-electron chi connectivity index (χ0n) is 9.67. The second kappa shape index (κ2) is 4.12. The maximum Gasteiger partial charge on any atom is 0.223 e. The van der Waals surface area contributed by atoms with Gasteiger partial charge in [0.05, 0.1) is 5.54 Å². The number of nitrogens with zero attached hydrogens (tertiary/aromatic N) is 1. The third-order valence-electron chi connectivity index (χ3n) is 4.08. The van der Waals surface area contributed by atoms with Crippen LogP contribution in [-0.2, 0) is 4.79 Å². The summed E-state index contributed by atoms with van der Waals surface area (Å²) in [6.07, 6.45) is 6.44. The van der Waals surface area contributed by atoms with E-state index >= 15 is 0 Å². The van der Waals surface area contributed by atoms with Gasteiger partial charge in [-0.3, -0.25) is 4.79 Å². The fourth-order valence-electron chi connectivity index (χ4n) is 3.32. The lowest BCUT2D eigenvalue weighted by molar-refractivity contribution is -0.135. The van der Waals surface area contributed by atoms with Gasteiger partial charge in [-0.25, -0.2) is 0 Å². The van der Waals surface area contributed by atoms with Gasteiger partial charge in [0.25, 0.3) is 0 Å². The Labute approximate surface area is 92.0 Å². The number of fused-ring (bicyclic) bond motifs is 2. The number of nitrogens with two attached hydrogens (primary N) is 1. The molecule has 1 saturated carbocycles. The molecule has 1 amide bonds. The van der Waals surface area contributed by atoms with Crippen molar-refractivity contribution in [2.75, 3.05) is 13.1 Å². The minimum absolute atomic E-state index is 0.0369. The van der Waals surface area contributed by atoms with E-state index in [4.69, 9.17) is 5.73 Å². The molecule has 1 heterocycles. The van der Waals surface area contributed by atoms with Crippen molar-refractivity contribution in [3.05, 3.63) is 0 Å². The number of likely N-dealkylation sites (tertiary alicyclic amines) is 1. The Kier molecular flexibility index (Phi) is 3.01. The molecule has 0 radical (unpaired) electrons. The molecule has 2 bridgehead atoms. The number of amides is 1. The van der Waals surface area contributed by atoms with E-state index < -0.39 is 0 Å². The van der Waals surface area contributed by atoms with E-state index in [1.165, 1.54) is 12.8 Å². The summed E-state index contributed by atoms with van der Waals surface area (Å²) >= 11 is 0. The van der Waals surface area contributed by atoms with Gasteiger partial charge in [0, 0.05) is 19.5 Å². The summed E-state index contributed by atoms with van der Waals surface area (Å²) in [5.74, 6) is 1.05. The molecule has 0 aromatic carbocycles. The van der Waals surface area contributed by atoms with Crippen molar-refractivity contribution in [1.29, 1.82) is 0 Å². The SMILES string of the molecule is CCCC(=O)N1CC2CCCC1(CN)C2. The summed E-state index contributed by atoms with van der Waals surface area (Å²) in [6.45, 7) is 3.68. The lowest BCUT2D eigenvalue weighted by Gasteiger charge is -2.38. The van der Waals surface area contributed by atoms with Crippen LogP contribution in [0.25, 0.3) is 0 Å². The quantitative estimate of drug-likeness (QED) is 0.767. The van der Waals surface area contributed by atoms with E-state index in [-0.39, 0.29) is 5.54 Å². The van der Waals surface area contributed by atoms with Crippen LogP contribution in [0.15, 0.2) is 0 Å². The lowest BCUT2D eigenvalue weighted by Crippen LogP contribution is -2.52. The molecule has 0 aromatic heterocycles. The molecule has 3 nitrogen and oxygen atoms in total. The second-order valence-electron chi connectivity index (χ2n) is 5.15. The highest BCUT2D eigenvalue weighted by molar-refractivity contribution is 5.77. The maximum atomic E-state index is 12.0. The molecular weight excluding hydrogens is 188 g/mol. The number of rotatable bonds is 3. The van der Waals surface area contributed by atoms with Crippen molar-refractivity contribution < 1.29 is 4.79 Å². The number of carbonyl (C=O) groups is 1. The van der Waals surface area contributed by atoms with E-state index in [1.54, 1.807) is 0 Å². The lowest BCUT2D eigenvalue weighted by atomic mass is 9.80. The molecule has 2 atom stereocenters. The van der Waals surface area contributed by atoms with Crippen LogP contribution < -0.4 is 5.73 Å². The van der Waals surface area contributed by atoms with Crippen molar-refractivity contribution in [2.45, 2.75) is 51.0 Å². The van der Waals surface area contributed by atoms with Crippen molar-refractivity contribution >= 4 is 5.91 Å². The first-order valence-electron chi connectivity index (χ1n) is 6.22. The number of hydrogen-bond acceptors (Lipinski definition) is 2. The molecule has 1 saturated heterocycles. The van der Waals surface area contributed by atoms with Crippen LogP contribution in [0.2, 0.25) is 0 Å². The summed E-state index contributed by atoms with van der Waals surface area (Å²) in [6, 6.07) is 0. The summed E-state index contributed by atoms with van der Waals surface area (Å²) < 4.78 is 0. The van der Waals surface area contributed by atoms with Crippen LogP contribution in [-0.4, -0.2) is 29.4 Å². The first kappa shape index (κ1) is 10.9. The van der Waals surface area contributed by atoms with E-state index in [9.17, 15) is 4.79 Å². The molecule has 0 spiro atoms. The Morgan fingerprint density at radius 2 is 2.40 bits per heavy atom.